The van der Waals surface area contributed by atoms with E-state index in [-0.39, 0.29) is 56.9 Å². The van der Waals surface area contributed by atoms with E-state index >= 15 is 0 Å². The first-order chi connectivity index (χ1) is 16.2. The zero-order valence-corrected chi connectivity index (χ0v) is 22.8. The number of halogens is 2. The van der Waals surface area contributed by atoms with Gasteiger partial charge in [0.1, 0.15) is 0 Å². The van der Waals surface area contributed by atoms with Crippen LogP contribution in [0.4, 0.5) is 0 Å². The van der Waals surface area contributed by atoms with E-state index in [2.05, 4.69) is 35.9 Å². The number of benzene rings is 2. The Morgan fingerprint density at radius 3 is 1.53 bits per heavy atom. The van der Waals surface area contributed by atoms with Crippen LogP contribution in [-0.4, -0.2) is 15.8 Å². The van der Waals surface area contributed by atoms with E-state index in [1.165, 1.54) is 0 Å². The lowest BCUT2D eigenvalue weighted by Crippen LogP contribution is -2.33. The van der Waals surface area contributed by atoms with Crippen molar-refractivity contribution in [3.05, 3.63) is 132 Å². The molecule has 4 rings (SSSR count). The van der Waals surface area contributed by atoms with Gasteiger partial charge in [-0.3, -0.25) is 14.8 Å². The van der Waals surface area contributed by atoms with Crippen molar-refractivity contribution in [3.8, 4) is 0 Å². The fourth-order valence-corrected chi connectivity index (χ4v) is 3.78. The molecule has 0 spiro atoms. The maximum absolute atomic E-state index is 12.4. The Bertz CT molecular complexity index is 1170. The third-order valence-electron chi connectivity index (χ3n) is 6.17. The van der Waals surface area contributed by atoms with Crippen molar-refractivity contribution in [3.63, 3.8) is 0 Å². The first-order valence-corrected chi connectivity index (χ1v) is 11.5. The van der Waals surface area contributed by atoms with Gasteiger partial charge in [-0.1, -0.05) is 101 Å². The summed E-state index contributed by atoms with van der Waals surface area (Å²) in [5, 5.41) is 0. The molecule has 0 amide bonds. The average molecular weight is 557 g/mol. The van der Waals surface area contributed by atoms with Crippen molar-refractivity contribution in [2.24, 2.45) is 5.73 Å². The van der Waals surface area contributed by atoms with Crippen LogP contribution in [0.25, 0.3) is 0 Å². The molecule has 38 heavy (non-hydrogen) atoms. The van der Waals surface area contributed by atoms with Gasteiger partial charge in [-0.2, -0.15) is 0 Å². The molecule has 4 aromatic rings. The van der Waals surface area contributed by atoms with Crippen molar-refractivity contribution in [1.82, 2.24) is 9.97 Å². The summed E-state index contributed by atoms with van der Waals surface area (Å²) < 4.78 is 0. The van der Waals surface area contributed by atoms with Crippen molar-refractivity contribution in [1.29, 1.82) is 0 Å². The van der Waals surface area contributed by atoms with E-state index in [1.807, 2.05) is 105 Å². The lowest BCUT2D eigenvalue weighted by molar-refractivity contribution is 0.0906. The number of ketones is 1. The summed E-state index contributed by atoms with van der Waals surface area (Å²) in [6, 6.07) is 31.1. The smallest absolute Gasteiger partial charge is 0.174 e. The van der Waals surface area contributed by atoms with E-state index < -0.39 is 5.41 Å². The third-order valence-corrected chi connectivity index (χ3v) is 6.17. The van der Waals surface area contributed by atoms with Crippen LogP contribution in [-0.2, 0) is 10.8 Å². The van der Waals surface area contributed by atoms with Crippen molar-refractivity contribution in [2.45, 2.75) is 59.4 Å². The van der Waals surface area contributed by atoms with Crippen LogP contribution < -0.4 is 5.73 Å². The van der Waals surface area contributed by atoms with Crippen LogP contribution in [0.1, 0.15) is 75.9 Å². The highest BCUT2D eigenvalue weighted by atomic mass is 35.5. The van der Waals surface area contributed by atoms with Crippen molar-refractivity contribution >= 4 is 30.6 Å². The van der Waals surface area contributed by atoms with E-state index in [9.17, 15) is 4.79 Å². The van der Waals surface area contributed by atoms with Gasteiger partial charge in [-0.05, 0) is 43.7 Å². The molecule has 0 saturated carbocycles. The number of carbonyl (C=O) groups excluding carboxylic acids is 1. The van der Waals surface area contributed by atoms with Gasteiger partial charge in [0, 0.05) is 35.1 Å². The molecule has 0 fully saturated rings. The maximum Gasteiger partial charge on any atom is 0.174 e. The summed E-state index contributed by atoms with van der Waals surface area (Å²) >= 11 is 0. The fourth-order valence-electron chi connectivity index (χ4n) is 3.78. The van der Waals surface area contributed by atoms with Crippen molar-refractivity contribution < 1.29 is 4.79 Å². The molecule has 0 aliphatic rings. The first-order valence-electron chi connectivity index (χ1n) is 11.5. The predicted molar refractivity (Wildman–Crippen MR) is 167 cm³/mol. The lowest BCUT2D eigenvalue weighted by Gasteiger charge is -2.31. The SMILES string of the molecule is C.C.CC(C)(C(=O)c1ccccc1)c1ccccn1.CC(C)(c1ccccn1)C(N)c1ccccc1.Cl.Cl. The second kappa shape index (κ2) is 16.7. The summed E-state index contributed by atoms with van der Waals surface area (Å²) in [5.41, 5.74) is 9.28. The normalized spacial score (nSPS) is 11.0. The van der Waals surface area contributed by atoms with Crippen LogP contribution in [0.3, 0.4) is 0 Å². The minimum Gasteiger partial charge on any atom is -0.323 e. The number of Topliss-reactive ketones (excluding diaryl/α,β-unsaturated/α-hetero) is 1. The van der Waals surface area contributed by atoms with E-state index in [1.54, 1.807) is 6.20 Å². The minimum atomic E-state index is -0.595. The van der Waals surface area contributed by atoms with Gasteiger partial charge in [0.05, 0.1) is 11.1 Å². The Labute approximate surface area is 242 Å². The molecule has 1 atom stereocenters. The van der Waals surface area contributed by atoms with Gasteiger partial charge < -0.3 is 5.73 Å². The number of rotatable bonds is 6. The monoisotopic (exact) mass is 555 g/mol. The molecule has 4 nitrogen and oxygen atoms in total. The molecular weight excluding hydrogens is 513 g/mol. The van der Waals surface area contributed by atoms with Gasteiger partial charge >= 0.3 is 0 Å². The summed E-state index contributed by atoms with van der Waals surface area (Å²) in [6.45, 7) is 8.08. The highest BCUT2D eigenvalue weighted by Gasteiger charge is 2.32. The highest BCUT2D eigenvalue weighted by molar-refractivity contribution is 6.03. The van der Waals surface area contributed by atoms with E-state index in [0.717, 1.165) is 22.5 Å². The van der Waals surface area contributed by atoms with Gasteiger partial charge in [-0.25, -0.2) is 0 Å². The van der Waals surface area contributed by atoms with E-state index in [0.29, 0.717) is 0 Å². The van der Waals surface area contributed by atoms with Crippen LogP contribution >= 0.6 is 24.8 Å². The molecule has 2 aromatic carbocycles. The zero-order valence-electron chi connectivity index (χ0n) is 21.2. The molecule has 2 aromatic heterocycles. The first kappa shape index (κ1) is 37.1. The summed E-state index contributed by atoms with van der Waals surface area (Å²) in [5.74, 6) is 0.0943. The maximum atomic E-state index is 12.4. The predicted octanol–water partition coefficient (Wildman–Crippen LogP) is 8.42. The molecule has 0 aliphatic carbocycles. The van der Waals surface area contributed by atoms with Gasteiger partial charge in [0.25, 0.3) is 0 Å². The fraction of sp³-hybridized carbons (Fsp3) is 0.281. The largest absolute Gasteiger partial charge is 0.323 e. The topological polar surface area (TPSA) is 68.9 Å². The van der Waals surface area contributed by atoms with Gasteiger partial charge in [0.15, 0.2) is 5.78 Å². The van der Waals surface area contributed by atoms with Crippen LogP contribution in [0, 0.1) is 0 Å². The molecule has 1 unspecified atom stereocenters. The second-order valence-corrected chi connectivity index (χ2v) is 9.36. The summed E-state index contributed by atoms with van der Waals surface area (Å²) in [7, 11) is 0. The molecule has 2 heterocycles. The Morgan fingerprint density at radius 1 is 0.658 bits per heavy atom. The molecule has 0 aliphatic heterocycles. The van der Waals surface area contributed by atoms with Crippen LogP contribution in [0.5, 0.6) is 0 Å². The van der Waals surface area contributed by atoms with Crippen LogP contribution in [0.2, 0.25) is 0 Å². The van der Waals surface area contributed by atoms with Gasteiger partial charge in [0.2, 0.25) is 0 Å². The molecule has 2 N–H and O–H groups in total. The Kier molecular flexibility index (Phi) is 16.3. The summed E-state index contributed by atoms with van der Waals surface area (Å²) in [6.07, 6.45) is 3.53. The number of nitrogens with zero attached hydrogens (tertiary/aromatic N) is 2. The minimum absolute atomic E-state index is 0. The highest BCUT2D eigenvalue weighted by Crippen LogP contribution is 2.33. The summed E-state index contributed by atoms with van der Waals surface area (Å²) in [4.78, 5) is 21.1. The zero-order chi connectivity index (χ0) is 24.6. The number of aromatic nitrogens is 2. The Hall–Kier alpha value is -3.05. The van der Waals surface area contributed by atoms with Gasteiger partial charge in [-0.15, -0.1) is 24.8 Å². The number of carbonyl (C=O) groups is 1. The number of hydrogen-bond donors (Lipinski definition) is 1. The Balaban J connectivity index is 0. The number of hydrogen-bond acceptors (Lipinski definition) is 4. The molecule has 0 bridgehead atoms. The molecule has 0 radical (unpaired) electrons. The van der Waals surface area contributed by atoms with Crippen molar-refractivity contribution in [2.75, 3.05) is 0 Å². The molecule has 6 heteroatoms. The Morgan fingerprint density at radius 2 is 1.08 bits per heavy atom. The van der Waals surface area contributed by atoms with Crippen LogP contribution in [0.15, 0.2) is 109 Å². The lowest BCUT2D eigenvalue weighted by atomic mass is 9.78. The molecular formula is C32H43Cl2N3O. The second-order valence-electron chi connectivity index (χ2n) is 9.36. The standard InChI is InChI=1S/C15H18N2.C15H15NO.2CH4.2ClH/c1-15(2,13-10-6-7-11-17-13)14(16)12-8-4-3-5-9-12;1-15(2,13-10-6-7-11-16-13)14(17)12-8-4-3-5-9-12;;;;/h3-11,14H,16H2,1-2H3;3-11H,1-2H3;2*1H4;2*1H. The van der Waals surface area contributed by atoms with E-state index in [4.69, 9.17) is 5.73 Å². The third kappa shape index (κ3) is 9.05. The number of nitrogens with two attached hydrogens (primary N) is 1. The average Bonchev–Trinajstić information content (AvgIpc) is 2.90. The number of pyridine rings is 2. The molecule has 0 saturated heterocycles. The molecule has 206 valence electrons. The quantitative estimate of drug-likeness (QED) is 0.242.